The third-order valence-corrected chi connectivity index (χ3v) is 3.10. The summed E-state index contributed by atoms with van der Waals surface area (Å²) in [6.45, 7) is 5.51. The summed E-state index contributed by atoms with van der Waals surface area (Å²) >= 11 is 0. The Hall–Kier alpha value is -1.75. The molecule has 0 saturated heterocycles. The number of carbonyl (C=O) groups excluding carboxylic acids is 2. The Morgan fingerprint density at radius 1 is 1.05 bits per heavy atom. The monoisotopic (exact) mass is 280 g/mol. The van der Waals surface area contributed by atoms with Crippen LogP contribution in [0.1, 0.15) is 24.2 Å². The minimum Gasteiger partial charge on any atom is -0.342 e. The van der Waals surface area contributed by atoms with Gasteiger partial charge in [-0.15, -0.1) is 0 Å². The van der Waals surface area contributed by atoms with E-state index in [1.54, 1.807) is 16.8 Å². The lowest BCUT2D eigenvalue weighted by molar-refractivity contribution is -0.131. The maximum Gasteiger partial charge on any atom is 0.236 e. The summed E-state index contributed by atoms with van der Waals surface area (Å²) in [6, 6.07) is 5.43. The van der Waals surface area contributed by atoms with Gasteiger partial charge in [0, 0.05) is 18.7 Å². The molecule has 20 heavy (non-hydrogen) atoms. The van der Waals surface area contributed by atoms with E-state index in [-0.39, 0.29) is 30.6 Å². The van der Waals surface area contributed by atoms with Crippen LogP contribution in [-0.4, -0.2) is 54.7 Å². The molecule has 0 fully saturated rings. The molecule has 1 aromatic carbocycles. The Morgan fingerprint density at radius 3 is 2.10 bits per heavy atom. The summed E-state index contributed by atoms with van der Waals surface area (Å²) in [5, 5.41) is 0. The summed E-state index contributed by atoms with van der Waals surface area (Å²) in [5.41, 5.74) is 0.452. The molecule has 0 unspecified atom stereocenters. The van der Waals surface area contributed by atoms with Gasteiger partial charge in [-0.05, 0) is 45.2 Å². The second kappa shape index (κ2) is 7.75. The quantitative estimate of drug-likeness (QED) is 0.715. The van der Waals surface area contributed by atoms with Crippen LogP contribution in [0.4, 0.5) is 4.39 Å². The van der Waals surface area contributed by atoms with Gasteiger partial charge < -0.3 is 4.90 Å². The molecular weight excluding hydrogens is 259 g/mol. The zero-order valence-electron chi connectivity index (χ0n) is 12.2. The van der Waals surface area contributed by atoms with E-state index in [1.807, 2.05) is 13.8 Å². The van der Waals surface area contributed by atoms with Gasteiger partial charge in [0.25, 0.3) is 0 Å². The predicted octanol–water partition coefficient (Wildman–Crippen LogP) is 1.81. The Balaban J connectivity index is 2.53. The van der Waals surface area contributed by atoms with Crippen molar-refractivity contribution < 1.29 is 14.0 Å². The summed E-state index contributed by atoms with van der Waals surface area (Å²) < 4.78 is 12.8. The van der Waals surface area contributed by atoms with Crippen molar-refractivity contribution in [3.05, 3.63) is 35.6 Å². The van der Waals surface area contributed by atoms with Crippen molar-refractivity contribution in [1.82, 2.24) is 9.80 Å². The standard InChI is InChI=1S/C15H21FN2O2/c1-4-18(5-2)15(20)11-17(3)10-14(19)12-6-8-13(16)9-7-12/h6-9H,4-5,10-11H2,1-3H3. The molecule has 1 amide bonds. The van der Waals surface area contributed by atoms with Gasteiger partial charge in [-0.2, -0.15) is 0 Å². The van der Waals surface area contributed by atoms with Crippen molar-refractivity contribution in [2.75, 3.05) is 33.2 Å². The first kappa shape index (κ1) is 16.3. The van der Waals surface area contributed by atoms with Crippen LogP contribution in [0.15, 0.2) is 24.3 Å². The van der Waals surface area contributed by atoms with Crippen LogP contribution in [0.2, 0.25) is 0 Å². The predicted molar refractivity (Wildman–Crippen MR) is 76.2 cm³/mol. The third kappa shape index (κ3) is 4.74. The van der Waals surface area contributed by atoms with E-state index in [0.717, 1.165) is 0 Å². The van der Waals surface area contributed by atoms with Gasteiger partial charge in [0.1, 0.15) is 5.82 Å². The maximum absolute atomic E-state index is 12.8. The van der Waals surface area contributed by atoms with Gasteiger partial charge in [0.15, 0.2) is 5.78 Å². The average Bonchev–Trinajstić information content (AvgIpc) is 2.40. The van der Waals surface area contributed by atoms with E-state index in [1.165, 1.54) is 24.3 Å². The summed E-state index contributed by atoms with van der Waals surface area (Å²) in [4.78, 5) is 27.3. The van der Waals surface area contributed by atoms with Gasteiger partial charge in [0.05, 0.1) is 13.1 Å². The van der Waals surface area contributed by atoms with Crippen LogP contribution in [0, 0.1) is 5.82 Å². The fourth-order valence-corrected chi connectivity index (χ4v) is 1.94. The van der Waals surface area contributed by atoms with Crippen LogP contribution in [-0.2, 0) is 4.79 Å². The van der Waals surface area contributed by atoms with Gasteiger partial charge >= 0.3 is 0 Å². The van der Waals surface area contributed by atoms with Gasteiger partial charge in [-0.3, -0.25) is 14.5 Å². The number of carbonyl (C=O) groups is 2. The number of ketones is 1. The molecule has 1 rings (SSSR count). The first-order chi connectivity index (χ1) is 9.47. The number of rotatable bonds is 7. The van der Waals surface area contributed by atoms with E-state index in [0.29, 0.717) is 18.7 Å². The molecule has 5 heteroatoms. The van der Waals surface area contributed by atoms with Crippen molar-refractivity contribution in [3.63, 3.8) is 0 Å². The molecular formula is C15H21FN2O2. The Bertz CT molecular complexity index is 455. The van der Waals surface area contributed by atoms with E-state index >= 15 is 0 Å². The van der Waals surface area contributed by atoms with Crippen LogP contribution < -0.4 is 0 Å². The molecule has 1 aromatic rings. The number of halogens is 1. The SMILES string of the molecule is CCN(CC)C(=O)CN(C)CC(=O)c1ccc(F)cc1. The first-order valence-electron chi connectivity index (χ1n) is 6.73. The van der Waals surface area contributed by atoms with Crippen molar-refractivity contribution in [3.8, 4) is 0 Å². The van der Waals surface area contributed by atoms with E-state index < -0.39 is 0 Å². The molecule has 0 aliphatic rings. The van der Waals surface area contributed by atoms with Crippen molar-refractivity contribution in [1.29, 1.82) is 0 Å². The molecule has 0 bridgehead atoms. The molecule has 0 atom stereocenters. The highest BCUT2D eigenvalue weighted by Crippen LogP contribution is 2.04. The Morgan fingerprint density at radius 2 is 1.60 bits per heavy atom. The summed E-state index contributed by atoms with van der Waals surface area (Å²) in [7, 11) is 1.73. The zero-order valence-corrected chi connectivity index (χ0v) is 12.2. The normalized spacial score (nSPS) is 10.7. The zero-order chi connectivity index (χ0) is 15.1. The lowest BCUT2D eigenvalue weighted by Crippen LogP contribution is -2.40. The highest BCUT2D eigenvalue weighted by molar-refractivity contribution is 5.97. The number of nitrogens with zero attached hydrogens (tertiary/aromatic N) is 2. The summed E-state index contributed by atoms with van der Waals surface area (Å²) in [6.07, 6.45) is 0. The topological polar surface area (TPSA) is 40.6 Å². The second-order valence-electron chi connectivity index (χ2n) is 4.67. The number of amides is 1. The minimum atomic E-state index is -0.369. The number of hydrogen-bond donors (Lipinski definition) is 0. The fourth-order valence-electron chi connectivity index (χ4n) is 1.94. The highest BCUT2D eigenvalue weighted by atomic mass is 19.1. The maximum atomic E-state index is 12.8. The van der Waals surface area contributed by atoms with Crippen LogP contribution in [0.5, 0.6) is 0 Å². The van der Waals surface area contributed by atoms with Crippen LogP contribution >= 0.6 is 0 Å². The van der Waals surface area contributed by atoms with Crippen molar-refractivity contribution >= 4 is 11.7 Å². The molecule has 0 aromatic heterocycles. The Kier molecular flexibility index (Phi) is 6.31. The smallest absolute Gasteiger partial charge is 0.236 e. The molecule has 0 spiro atoms. The molecule has 0 heterocycles. The molecule has 0 saturated carbocycles. The molecule has 0 radical (unpaired) electrons. The van der Waals surface area contributed by atoms with Gasteiger partial charge in [-0.1, -0.05) is 0 Å². The molecule has 4 nitrogen and oxygen atoms in total. The third-order valence-electron chi connectivity index (χ3n) is 3.10. The van der Waals surface area contributed by atoms with E-state index in [2.05, 4.69) is 0 Å². The second-order valence-corrected chi connectivity index (χ2v) is 4.67. The number of benzene rings is 1. The Labute approximate surface area is 119 Å². The van der Waals surface area contributed by atoms with Crippen molar-refractivity contribution in [2.24, 2.45) is 0 Å². The van der Waals surface area contributed by atoms with E-state index in [9.17, 15) is 14.0 Å². The summed E-state index contributed by atoms with van der Waals surface area (Å²) in [5.74, 6) is -0.490. The highest BCUT2D eigenvalue weighted by Gasteiger charge is 2.15. The fraction of sp³-hybridized carbons (Fsp3) is 0.467. The molecule has 0 N–H and O–H groups in total. The number of likely N-dealkylation sites (N-methyl/N-ethyl adjacent to an activating group) is 2. The molecule has 0 aliphatic heterocycles. The van der Waals surface area contributed by atoms with Crippen LogP contribution in [0.25, 0.3) is 0 Å². The van der Waals surface area contributed by atoms with Gasteiger partial charge in [0.2, 0.25) is 5.91 Å². The van der Waals surface area contributed by atoms with Crippen molar-refractivity contribution in [2.45, 2.75) is 13.8 Å². The molecule has 0 aliphatic carbocycles. The lowest BCUT2D eigenvalue weighted by atomic mass is 10.1. The number of Topliss-reactive ketones (excluding diaryl/α,β-unsaturated/α-hetero) is 1. The number of hydrogen-bond acceptors (Lipinski definition) is 3. The van der Waals surface area contributed by atoms with E-state index in [4.69, 9.17) is 0 Å². The molecule has 110 valence electrons. The lowest BCUT2D eigenvalue weighted by Gasteiger charge is -2.22. The largest absolute Gasteiger partial charge is 0.342 e. The minimum absolute atomic E-state index is 0.00408. The average molecular weight is 280 g/mol. The first-order valence-corrected chi connectivity index (χ1v) is 6.73. The van der Waals surface area contributed by atoms with Crippen LogP contribution in [0.3, 0.4) is 0 Å². The van der Waals surface area contributed by atoms with Gasteiger partial charge in [-0.25, -0.2) is 4.39 Å².